The minimum Gasteiger partial charge on any atom is -0.451 e. The maximum absolute atomic E-state index is 12.4. The van der Waals surface area contributed by atoms with Gasteiger partial charge in [0.2, 0.25) is 17.6 Å². The lowest BCUT2D eigenvalue weighted by atomic mass is 10.1. The van der Waals surface area contributed by atoms with Crippen molar-refractivity contribution in [3.8, 4) is 0 Å². The van der Waals surface area contributed by atoms with Gasteiger partial charge in [0.25, 0.3) is 0 Å². The van der Waals surface area contributed by atoms with E-state index >= 15 is 0 Å². The summed E-state index contributed by atoms with van der Waals surface area (Å²) in [5.41, 5.74) is 2.11. The summed E-state index contributed by atoms with van der Waals surface area (Å²) in [4.78, 5) is 46.6. The zero-order valence-electron chi connectivity index (χ0n) is 15.9. The van der Waals surface area contributed by atoms with Gasteiger partial charge in [-0.25, -0.2) is 4.79 Å². The van der Waals surface area contributed by atoms with Crippen molar-refractivity contribution in [1.29, 1.82) is 0 Å². The van der Waals surface area contributed by atoms with Crippen LogP contribution in [0, 0.1) is 0 Å². The van der Waals surface area contributed by atoms with Crippen molar-refractivity contribution >= 4 is 29.3 Å². The standard InChI is InChI=1S/C21H22N2O5/c1-13(20(26)17-8-10-19(11-9-17)23-15(3)25)28-21(27)18-6-4-16(5-7-18)12-22-14(2)24/h4-11,13H,12H2,1-3H3,(H,22,24)(H,23,25). The predicted molar refractivity (Wildman–Crippen MR) is 104 cm³/mol. The van der Waals surface area contributed by atoms with Crippen LogP contribution in [-0.4, -0.2) is 29.7 Å². The average molecular weight is 382 g/mol. The lowest BCUT2D eigenvalue weighted by Crippen LogP contribution is -2.24. The van der Waals surface area contributed by atoms with Crippen LogP contribution < -0.4 is 10.6 Å². The molecule has 2 N–H and O–H groups in total. The van der Waals surface area contributed by atoms with Crippen molar-refractivity contribution in [2.24, 2.45) is 0 Å². The number of ketones is 1. The van der Waals surface area contributed by atoms with Gasteiger partial charge in [0.1, 0.15) is 0 Å². The number of anilines is 1. The molecule has 1 unspecified atom stereocenters. The molecule has 1 atom stereocenters. The van der Waals surface area contributed by atoms with Gasteiger partial charge in [-0.15, -0.1) is 0 Å². The second kappa shape index (κ2) is 9.45. The van der Waals surface area contributed by atoms with Gasteiger partial charge < -0.3 is 15.4 Å². The van der Waals surface area contributed by atoms with E-state index in [0.717, 1.165) is 5.56 Å². The summed E-state index contributed by atoms with van der Waals surface area (Å²) >= 11 is 0. The number of Topliss-reactive ketones (excluding diaryl/α,β-unsaturated/α-hetero) is 1. The number of benzene rings is 2. The minimum atomic E-state index is -0.960. The van der Waals surface area contributed by atoms with Crippen LogP contribution in [0.15, 0.2) is 48.5 Å². The van der Waals surface area contributed by atoms with E-state index in [9.17, 15) is 19.2 Å². The molecule has 28 heavy (non-hydrogen) atoms. The highest BCUT2D eigenvalue weighted by Gasteiger charge is 2.20. The quantitative estimate of drug-likeness (QED) is 0.566. The summed E-state index contributed by atoms with van der Waals surface area (Å²) < 4.78 is 5.26. The molecular weight excluding hydrogens is 360 g/mol. The molecule has 0 aliphatic carbocycles. The van der Waals surface area contributed by atoms with Crippen LogP contribution in [0.2, 0.25) is 0 Å². The monoisotopic (exact) mass is 382 g/mol. The smallest absolute Gasteiger partial charge is 0.338 e. The first kappa shape index (κ1) is 20.8. The zero-order chi connectivity index (χ0) is 20.7. The fourth-order valence-corrected chi connectivity index (χ4v) is 2.42. The molecule has 0 bridgehead atoms. The molecule has 0 fully saturated rings. The van der Waals surface area contributed by atoms with Crippen LogP contribution in [0.25, 0.3) is 0 Å². The summed E-state index contributed by atoms with van der Waals surface area (Å²) in [7, 11) is 0. The van der Waals surface area contributed by atoms with E-state index < -0.39 is 12.1 Å². The van der Waals surface area contributed by atoms with Crippen molar-refractivity contribution in [2.45, 2.75) is 33.4 Å². The molecule has 0 aromatic heterocycles. The number of esters is 1. The fraction of sp³-hybridized carbons (Fsp3) is 0.238. The maximum Gasteiger partial charge on any atom is 0.338 e. The Morgan fingerprint density at radius 3 is 1.96 bits per heavy atom. The molecule has 7 nitrogen and oxygen atoms in total. The number of hydrogen-bond donors (Lipinski definition) is 2. The lowest BCUT2D eigenvalue weighted by molar-refractivity contribution is -0.119. The molecule has 0 aliphatic rings. The van der Waals surface area contributed by atoms with Crippen LogP contribution in [0.3, 0.4) is 0 Å². The SMILES string of the molecule is CC(=O)NCc1ccc(C(=O)OC(C)C(=O)c2ccc(NC(C)=O)cc2)cc1. The summed E-state index contributed by atoms with van der Waals surface area (Å²) in [6.45, 7) is 4.70. The summed E-state index contributed by atoms with van der Waals surface area (Å²) in [5.74, 6) is -1.29. The van der Waals surface area contributed by atoms with Crippen LogP contribution in [0.1, 0.15) is 47.1 Å². The first-order valence-corrected chi connectivity index (χ1v) is 8.72. The predicted octanol–water partition coefficient (Wildman–Crippen LogP) is 2.71. The van der Waals surface area contributed by atoms with Crippen LogP contribution >= 0.6 is 0 Å². The molecular formula is C21H22N2O5. The van der Waals surface area contributed by atoms with Gasteiger partial charge in [0, 0.05) is 31.6 Å². The summed E-state index contributed by atoms with van der Waals surface area (Å²) in [6.07, 6.45) is -0.960. The van der Waals surface area contributed by atoms with Crippen molar-refractivity contribution in [1.82, 2.24) is 5.32 Å². The third-order valence-electron chi connectivity index (χ3n) is 3.87. The summed E-state index contributed by atoms with van der Waals surface area (Å²) in [5, 5.41) is 5.28. The second-order valence-corrected chi connectivity index (χ2v) is 6.28. The topological polar surface area (TPSA) is 102 Å². The van der Waals surface area contributed by atoms with Gasteiger partial charge >= 0.3 is 5.97 Å². The second-order valence-electron chi connectivity index (χ2n) is 6.28. The van der Waals surface area contributed by atoms with E-state index in [1.165, 1.54) is 20.8 Å². The number of amides is 2. The maximum atomic E-state index is 12.4. The minimum absolute atomic E-state index is 0.138. The van der Waals surface area contributed by atoms with Gasteiger partial charge in [-0.2, -0.15) is 0 Å². The molecule has 0 heterocycles. The Morgan fingerprint density at radius 2 is 1.43 bits per heavy atom. The Balaban J connectivity index is 1.96. The van der Waals surface area contributed by atoms with Crippen LogP contribution in [0.4, 0.5) is 5.69 Å². The Morgan fingerprint density at radius 1 is 0.857 bits per heavy atom. The molecule has 0 saturated heterocycles. The van der Waals surface area contributed by atoms with E-state index in [4.69, 9.17) is 4.74 Å². The third-order valence-corrected chi connectivity index (χ3v) is 3.87. The molecule has 0 spiro atoms. The van der Waals surface area contributed by atoms with Gasteiger partial charge in [0.15, 0.2) is 6.10 Å². The average Bonchev–Trinajstić information content (AvgIpc) is 2.66. The molecule has 0 aliphatic heterocycles. The lowest BCUT2D eigenvalue weighted by Gasteiger charge is -2.13. The molecule has 2 rings (SSSR count). The number of carbonyl (C=O) groups is 4. The first-order chi connectivity index (χ1) is 13.3. The normalized spacial score (nSPS) is 11.2. The molecule has 2 aromatic carbocycles. The van der Waals surface area contributed by atoms with Gasteiger partial charge in [-0.1, -0.05) is 12.1 Å². The molecule has 0 saturated carbocycles. The molecule has 2 aromatic rings. The van der Waals surface area contributed by atoms with Gasteiger partial charge in [0.05, 0.1) is 5.56 Å². The number of hydrogen-bond acceptors (Lipinski definition) is 5. The Hall–Kier alpha value is -3.48. The van der Waals surface area contributed by atoms with Crippen molar-refractivity contribution in [3.63, 3.8) is 0 Å². The highest BCUT2D eigenvalue weighted by Crippen LogP contribution is 2.14. The molecule has 7 heteroatoms. The first-order valence-electron chi connectivity index (χ1n) is 8.72. The number of ether oxygens (including phenoxy) is 1. The summed E-state index contributed by atoms with van der Waals surface area (Å²) in [6, 6.07) is 12.9. The van der Waals surface area contributed by atoms with E-state index in [-0.39, 0.29) is 17.6 Å². The van der Waals surface area contributed by atoms with E-state index in [1.807, 2.05) is 0 Å². The highest BCUT2D eigenvalue weighted by molar-refractivity contribution is 6.02. The molecule has 2 amide bonds. The molecule has 0 radical (unpaired) electrons. The largest absolute Gasteiger partial charge is 0.451 e. The van der Waals surface area contributed by atoms with Crippen LogP contribution in [-0.2, 0) is 20.9 Å². The Labute approximate surface area is 163 Å². The third kappa shape index (κ3) is 6.05. The number of rotatable bonds is 7. The Kier molecular flexibility index (Phi) is 7.03. The number of carbonyl (C=O) groups excluding carboxylic acids is 4. The van der Waals surface area contributed by atoms with Crippen molar-refractivity contribution < 1.29 is 23.9 Å². The Bertz CT molecular complexity index is 873. The fourth-order valence-electron chi connectivity index (χ4n) is 2.42. The van der Waals surface area contributed by atoms with Gasteiger partial charge in [-0.05, 0) is 48.9 Å². The van der Waals surface area contributed by atoms with Gasteiger partial charge in [-0.3, -0.25) is 14.4 Å². The molecule has 146 valence electrons. The van der Waals surface area contributed by atoms with Crippen molar-refractivity contribution in [2.75, 3.05) is 5.32 Å². The van der Waals surface area contributed by atoms with E-state index in [2.05, 4.69) is 10.6 Å². The van der Waals surface area contributed by atoms with Crippen molar-refractivity contribution in [3.05, 3.63) is 65.2 Å². The van der Waals surface area contributed by atoms with Crippen LogP contribution in [0.5, 0.6) is 0 Å². The highest BCUT2D eigenvalue weighted by atomic mass is 16.5. The van der Waals surface area contributed by atoms with E-state index in [0.29, 0.717) is 23.4 Å². The zero-order valence-corrected chi connectivity index (χ0v) is 15.9. The van der Waals surface area contributed by atoms with E-state index in [1.54, 1.807) is 48.5 Å². The number of nitrogens with one attached hydrogen (secondary N) is 2.